The van der Waals surface area contributed by atoms with Crippen LogP contribution >= 0.6 is 11.6 Å². The van der Waals surface area contributed by atoms with Gasteiger partial charge in [0.1, 0.15) is 6.10 Å². The van der Waals surface area contributed by atoms with Crippen LogP contribution in [-0.2, 0) is 5.41 Å². The van der Waals surface area contributed by atoms with Crippen LogP contribution in [0.5, 0.6) is 0 Å². The minimum atomic E-state index is -0.890. The fourth-order valence-electron chi connectivity index (χ4n) is 3.00. The van der Waals surface area contributed by atoms with Crippen molar-refractivity contribution in [2.45, 2.75) is 32.3 Å². The van der Waals surface area contributed by atoms with Crippen molar-refractivity contribution in [3.63, 3.8) is 0 Å². The first kappa shape index (κ1) is 20.1. The van der Waals surface area contributed by atoms with Crippen LogP contribution in [0.25, 0.3) is 0 Å². The highest BCUT2D eigenvalue weighted by atomic mass is 35.5. The first-order valence-electron chi connectivity index (χ1n) is 9.20. The third kappa shape index (κ3) is 4.61. The molecule has 0 saturated heterocycles. The van der Waals surface area contributed by atoms with Gasteiger partial charge in [0.2, 0.25) is 0 Å². The SMILES string of the molecule is CC(C)(C)c1ccc(C(=O)Nc2ccc(Cl)cc2[C@@H](O)c2ccccc2)cc1. The van der Waals surface area contributed by atoms with Crippen molar-refractivity contribution in [2.24, 2.45) is 0 Å². The third-order valence-corrected chi connectivity index (χ3v) is 4.92. The molecule has 0 aromatic heterocycles. The summed E-state index contributed by atoms with van der Waals surface area (Å²) in [7, 11) is 0. The lowest BCUT2D eigenvalue weighted by molar-refractivity contribution is 0.102. The highest BCUT2D eigenvalue weighted by Crippen LogP contribution is 2.31. The summed E-state index contributed by atoms with van der Waals surface area (Å²) in [6.07, 6.45) is -0.890. The molecule has 0 aliphatic carbocycles. The second-order valence-corrected chi connectivity index (χ2v) is 8.26. The lowest BCUT2D eigenvalue weighted by Crippen LogP contribution is -2.16. The molecule has 3 aromatic rings. The van der Waals surface area contributed by atoms with Gasteiger partial charge in [-0.15, -0.1) is 0 Å². The summed E-state index contributed by atoms with van der Waals surface area (Å²) in [5.74, 6) is -0.232. The summed E-state index contributed by atoms with van der Waals surface area (Å²) in [5.41, 5.74) is 3.57. The van der Waals surface area contributed by atoms with E-state index in [1.54, 1.807) is 18.2 Å². The maximum Gasteiger partial charge on any atom is 0.255 e. The van der Waals surface area contributed by atoms with Crippen LogP contribution in [0.15, 0.2) is 72.8 Å². The number of hydrogen-bond acceptors (Lipinski definition) is 2. The van der Waals surface area contributed by atoms with Crippen molar-refractivity contribution in [1.29, 1.82) is 0 Å². The minimum absolute atomic E-state index is 0.0259. The Balaban J connectivity index is 1.87. The third-order valence-electron chi connectivity index (χ3n) is 4.68. The molecule has 0 aliphatic rings. The smallest absolute Gasteiger partial charge is 0.255 e. The van der Waals surface area contributed by atoms with E-state index in [2.05, 4.69) is 26.1 Å². The number of benzene rings is 3. The number of carbonyl (C=O) groups is 1. The quantitative estimate of drug-likeness (QED) is 0.573. The molecule has 144 valence electrons. The zero-order valence-corrected chi connectivity index (χ0v) is 17.0. The molecule has 0 spiro atoms. The number of halogens is 1. The topological polar surface area (TPSA) is 49.3 Å². The molecular formula is C24H24ClNO2. The van der Waals surface area contributed by atoms with Crippen LogP contribution in [0.3, 0.4) is 0 Å². The average Bonchev–Trinajstić information content (AvgIpc) is 2.69. The molecule has 0 heterocycles. The molecule has 0 unspecified atom stereocenters. The number of hydrogen-bond donors (Lipinski definition) is 2. The number of nitrogens with one attached hydrogen (secondary N) is 1. The van der Waals surface area contributed by atoms with Gasteiger partial charge in [-0.25, -0.2) is 0 Å². The number of carbonyl (C=O) groups excluding carboxylic acids is 1. The Morgan fingerprint density at radius 2 is 1.61 bits per heavy atom. The van der Waals surface area contributed by atoms with Gasteiger partial charge in [-0.3, -0.25) is 4.79 Å². The molecule has 1 amide bonds. The lowest BCUT2D eigenvalue weighted by atomic mass is 9.86. The standard InChI is InChI=1S/C24H24ClNO2/c1-24(2,3)18-11-9-17(10-12-18)23(28)26-21-14-13-19(25)15-20(21)22(27)16-7-5-4-6-8-16/h4-15,22,27H,1-3H3,(H,26,28)/t22-/m0/s1. The zero-order valence-electron chi connectivity index (χ0n) is 16.2. The van der Waals surface area contributed by atoms with E-state index in [0.717, 1.165) is 11.1 Å². The van der Waals surface area contributed by atoms with Gasteiger partial charge in [-0.05, 0) is 46.9 Å². The van der Waals surface area contributed by atoms with Crippen molar-refractivity contribution < 1.29 is 9.90 Å². The first-order chi connectivity index (χ1) is 13.3. The maximum absolute atomic E-state index is 12.7. The number of anilines is 1. The van der Waals surface area contributed by atoms with Crippen molar-refractivity contribution >= 4 is 23.2 Å². The Kier molecular flexibility index (Phi) is 5.87. The Bertz CT molecular complexity index is 960. The molecule has 3 nitrogen and oxygen atoms in total. The molecule has 0 radical (unpaired) electrons. The van der Waals surface area contributed by atoms with Crippen molar-refractivity contribution in [1.82, 2.24) is 0 Å². The van der Waals surface area contributed by atoms with E-state index in [1.165, 1.54) is 0 Å². The van der Waals surface area contributed by atoms with Crippen LogP contribution < -0.4 is 5.32 Å². The van der Waals surface area contributed by atoms with Gasteiger partial charge in [-0.2, -0.15) is 0 Å². The van der Waals surface area contributed by atoms with Gasteiger partial charge >= 0.3 is 0 Å². The fourth-order valence-corrected chi connectivity index (χ4v) is 3.19. The lowest BCUT2D eigenvalue weighted by Gasteiger charge is -2.19. The summed E-state index contributed by atoms with van der Waals surface area (Å²) >= 11 is 6.14. The van der Waals surface area contributed by atoms with Crippen LogP contribution in [0.4, 0.5) is 5.69 Å². The second-order valence-electron chi connectivity index (χ2n) is 7.83. The highest BCUT2D eigenvalue weighted by molar-refractivity contribution is 6.30. The van der Waals surface area contributed by atoms with E-state index in [-0.39, 0.29) is 11.3 Å². The Morgan fingerprint density at radius 1 is 0.964 bits per heavy atom. The summed E-state index contributed by atoms with van der Waals surface area (Å²) in [6, 6.07) is 21.9. The molecule has 2 N–H and O–H groups in total. The number of rotatable bonds is 4. The number of aliphatic hydroxyl groups is 1. The minimum Gasteiger partial charge on any atom is -0.384 e. The number of aliphatic hydroxyl groups excluding tert-OH is 1. The van der Waals surface area contributed by atoms with Crippen LogP contribution in [0, 0.1) is 0 Å². The van der Waals surface area contributed by atoms with E-state index < -0.39 is 6.10 Å². The normalized spacial score (nSPS) is 12.5. The summed E-state index contributed by atoms with van der Waals surface area (Å²) in [4.78, 5) is 12.7. The zero-order chi connectivity index (χ0) is 20.3. The van der Waals surface area contributed by atoms with E-state index in [0.29, 0.717) is 21.8 Å². The van der Waals surface area contributed by atoms with Gasteiger partial charge < -0.3 is 10.4 Å². The first-order valence-corrected chi connectivity index (χ1v) is 9.58. The molecule has 28 heavy (non-hydrogen) atoms. The van der Waals surface area contributed by atoms with E-state index >= 15 is 0 Å². The molecule has 3 rings (SSSR count). The monoisotopic (exact) mass is 393 g/mol. The number of amides is 1. The van der Waals surface area contributed by atoms with Gasteiger partial charge in [0, 0.05) is 21.8 Å². The Hall–Kier alpha value is -2.62. The van der Waals surface area contributed by atoms with Crippen molar-refractivity contribution in [2.75, 3.05) is 5.32 Å². The molecule has 0 fully saturated rings. The largest absolute Gasteiger partial charge is 0.384 e. The maximum atomic E-state index is 12.7. The molecular weight excluding hydrogens is 370 g/mol. The molecule has 1 atom stereocenters. The molecule has 0 aliphatic heterocycles. The highest BCUT2D eigenvalue weighted by Gasteiger charge is 2.18. The van der Waals surface area contributed by atoms with Crippen LogP contribution in [0.2, 0.25) is 5.02 Å². The summed E-state index contributed by atoms with van der Waals surface area (Å²) in [5, 5.41) is 14.2. The molecule has 3 aromatic carbocycles. The second kappa shape index (κ2) is 8.17. The van der Waals surface area contributed by atoms with Gasteiger partial charge in [0.05, 0.1) is 0 Å². The van der Waals surface area contributed by atoms with E-state index in [9.17, 15) is 9.90 Å². The van der Waals surface area contributed by atoms with Crippen molar-refractivity contribution in [3.05, 3.63) is 100 Å². The van der Waals surface area contributed by atoms with Gasteiger partial charge in [-0.1, -0.05) is 74.8 Å². The molecule has 0 bridgehead atoms. The predicted octanol–water partition coefficient (Wildman–Crippen LogP) is 5.97. The summed E-state index contributed by atoms with van der Waals surface area (Å²) < 4.78 is 0. The summed E-state index contributed by atoms with van der Waals surface area (Å²) in [6.45, 7) is 6.40. The van der Waals surface area contributed by atoms with E-state index in [4.69, 9.17) is 11.6 Å². The van der Waals surface area contributed by atoms with Crippen LogP contribution in [0.1, 0.15) is 53.9 Å². The molecule has 0 saturated carbocycles. The van der Waals surface area contributed by atoms with Crippen molar-refractivity contribution in [3.8, 4) is 0 Å². The Morgan fingerprint density at radius 3 is 2.21 bits per heavy atom. The Labute approximate surface area is 171 Å². The van der Waals surface area contributed by atoms with Gasteiger partial charge in [0.25, 0.3) is 5.91 Å². The molecule has 4 heteroatoms. The fraction of sp³-hybridized carbons (Fsp3) is 0.208. The van der Waals surface area contributed by atoms with E-state index in [1.807, 2.05) is 54.6 Å². The van der Waals surface area contributed by atoms with Gasteiger partial charge in [0.15, 0.2) is 0 Å². The predicted molar refractivity (Wildman–Crippen MR) is 115 cm³/mol. The average molecular weight is 394 g/mol. The van der Waals surface area contributed by atoms with Crippen LogP contribution in [-0.4, -0.2) is 11.0 Å².